The second-order valence-corrected chi connectivity index (χ2v) is 4.10. The average Bonchev–Trinajstić information content (AvgIpc) is 2.54. The average molecular weight is 236 g/mol. The van der Waals surface area contributed by atoms with Gasteiger partial charge in [-0.25, -0.2) is 4.39 Å². The number of rotatable bonds is 2. The van der Waals surface area contributed by atoms with Crippen LogP contribution in [0.4, 0.5) is 4.39 Å². The molecule has 0 radical (unpaired) electrons. The van der Waals surface area contributed by atoms with Crippen molar-refractivity contribution in [3.05, 3.63) is 35.6 Å². The van der Waals surface area contributed by atoms with Crippen molar-refractivity contribution >= 4 is 11.7 Å². The SMILES string of the molecule is CC1=NN(C)C(c2ccccc2F)C1C(=O)O. The minimum absolute atomic E-state index is 0.364. The standard InChI is InChI=1S/C12H13FN2O2/c1-7-10(12(16)17)11(15(2)14-7)8-5-3-4-6-9(8)13/h3-6,10-11H,1-2H3,(H,16,17). The normalized spacial score (nSPS) is 23.7. The van der Waals surface area contributed by atoms with Crippen LogP contribution in [-0.2, 0) is 4.79 Å². The van der Waals surface area contributed by atoms with Crippen LogP contribution in [-0.4, -0.2) is 28.8 Å². The fraction of sp³-hybridized carbons (Fsp3) is 0.333. The van der Waals surface area contributed by atoms with Crippen LogP contribution >= 0.6 is 0 Å². The summed E-state index contributed by atoms with van der Waals surface area (Å²) in [5, 5.41) is 14.8. The van der Waals surface area contributed by atoms with Gasteiger partial charge < -0.3 is 5.11 Å². The van der Waals surface area contributed by atoms with E-state index in [0.717, 1.165) is 0 Å². The van der Waals surface area contributed by atoms with E-state index in [9.17, 15) is 14.3 Å². The molecule has 1 aromatic rings. The van der Waals surface area contributed by atoms with Gasteiger partial charge in [0.25, 0.3) is 0 Å². The summed E-state index contributed by atoms with van der Waals surface area (Å²) in [6, 6.07) is 5.63. The largest absolute Gasteiger partial charge is 0.481 e. The number of carboxylic acid groups (broad SMARTS) is 1. The highest BCUT2D eigenvalue weighted by Crippen LogP contribution is 2.35. The maximum atomic E-state index is 13.7. The van der Waals surface area contributed by atoms with Crippen molar-refractivity contribution in [3.63, 3.8) is 0 Å². The van der Waals surface area contributed by atoms with Gasteiger partial charge in [-0.15, -0.1) is 0 Å². The van der Waals surface area contributed by atoms with Crippen molar-refractivity contribution in [1.29, 1.82) is 0 Å². The predicted octanol–water partition coefficient (Wildman–Crippen LogP) is 1.89. The molecule has 1 N–H and O–H groups in total. The number of carboxylic acids is 1. The molecule has 1 aromatic carbocycles. The van der Waals surface area contributed by atoms with Crippen LogP contribution in [0, 0.1) is 11.7 Å². The molecule has 2 unspecified atom stereocenters. The number of aliphatic carboxylic acids is 1. The van der Waals surface area contributed by atoms with Crippen molar-refractivity contribution in [2.24, 2.45) is 11.0 Å². The third-order valence-electron chi connectivity index (χ3n) is 2.97. The zero-order chi connectivity index (χ0) is 12.6. The molecule has 0 fully saturated rings. The van der Waals surface area contributed by atoms with E-state index in [1.807, 2.05) is 0 Å². The molecule has 90 valence electrons. The topological polar surface area (TPSA) is 52.9 Å². The maximum Gasteiger partial charge on any atom is 0.314 e. The lowest BCUT2D eigenvalue weighted by Crippen LogP contribution is -2.29. The van der Waals surface area contributed by atoms with E-state index in [-0.39, 0.29) is 0 Å². The van der Waals surface area contributed by atoms with Crippen molar-refractivity contribution in [2.75, 3.05) is 7.05 Å². The molecule has 0 aliphatic carbocycles. The zero-order valence-electron chi connectivity index (χ0n) is 9.59. The van der Waals surface area contributed by atoms with Gasteiger partial charge >= 0.3 is 5.97 Å². The van der Waals surface area contributed by atoms with E-state index in [0.29, 0.717) is 11.3 Å². The molecular formula is C12H13FN2O2. The lowest BCUT2D eigenvalue weighted by molar-refractivity contribution is -0.140. The molecule has 0 spiro atoms. The molecule has 0 bridgehead atoms. The molecule has 1 aliphatic rings. The predicted molar refractivity (Wildman–Crippen MR) is 61.1 cm³/mol. The lowest BCUT2D eigenvalue weighted by atomic mass is 9.90. The van der Waals surface area contributed by atoms with Gasteiger partial charge in [0.1, 0.15) is 11.7 Å². The quantitative estimate of drug-likeness (QED) is 0.853. The first-order chi connectivity index (χ1) is 8.02. The van der Waals surface area contributed by atoms with Crippen molar-refractivity contribution in [3.8, 4) is 0 Å². The third kappa shape index (κ3) is 1.88. The lowest BCUT2D eigenvalue weighted by Gasteiger charge is -2.23. The number of halogens is 1. The molecule has 1 heterocycles. The van der Waals surface area contributed by atoms with Gasteiger partial charge in [-0.3, -0.25) is 9.80 Å². The summed E-state index contributed by atoms with van der Waals surface area (Å²) in [7, 11) is 1.66. The molecular weight excluding hydrogens is 223 g/mol. The zero-order valence-corrected chi connectivity index (χ0v) is 9.59. The van der Waals surface area contributed by atoms with Gasteiger partial charge in [-0.1, -0.05) is 18.2 Å². The molecule has 17 heavy (non-hydrogen) atoms. The van der Waals surface area contributed by atoms with Crippen LogP contribution in [0.3, 0.4) is 0 Å². The van der Waals surface area contributed by atoms with Crippen molar-refractivity contribution < 1.29 is 14.3 Å². The Labute approximate surface area is 98.4 Å². The van der Waals surface area contributed by atoms with Gasteiger partial charge in [0, 0.05) is 12.6 Å². The summed E-state index contributed by atoms with van der Waals surface area (Å²) in [5.41, 5.74) is 0.858. The van der Waals surface area contributed by atoms with Gasteiger partial charge in [0.2, 0.25) is 0 Å². The highest BCUT2D eigenvalue weighted by atomic mass is 19.1. The minimum Gasteiger partial charge on any atom is -0.481 e. The first-order valence-electron chi connectivity index (χ1n) is 5.27. The molecule has 4 nitrogen and oxygen atoms in total. The van der Waals surface area contributed by atoms with Gasteiger partial charge in [0.05, 0.1) is 11.8 Å². The summed E-state index contributed by atoms with van der Waals surface area (Å²) >= 11 is 0. The first kappa shape index (κ1) is 11.6. The highest BCUT2D eigenvalue weighted by Gasteiger charge is 2.40. The van der Waals surface area contributed by atoms with Crippen LogP contribution in [0.1, 0.15) is 18.5 Å². The minimum atomic E-state index is -0.983. The van der Waals surface area contributed by atoms with Crippen molar-refractivity contribution in [2.45, 2.75) is 13.0 Å². The van der Waals surface area contributed by atoms with Gasteiger partial charge in [-0.2, -0.15) is 5.10 Å². The second kappa shape index (κ2) is 4.16. The Balaban J connectivity index is 2.45. The first-order valence-corrected chi connectivity index (χ1v) is 5.27. The third-order valence-corrected chi connectivity index (χ3v) is 2.97. The Hall–Kier alpha value is -1.91. The van der Waals surface area contributed by atoms with Crippen LogP contribution in [0.5, 0.6) is 0 Å². The number of nitrogens with zero attached hydrogens (tertiary/aromatic N) is 2. The maximum absolute atomic E-state index is 13.7. The number of carbonyl (C=O) groups is 1. The summed E-state index contributed by atoms with van der Waals surface area (Å²) in [6.45, 7) is 1.65. The Morgan fingerprint density at radius 3 is 2.71 bits per heavy atom. The molecule has 0 saturated carbocycles. The molecule has 5 heteroatoms. The van der Waals surface area contributed by atoms with Crippen LogP contribution in [0.2, 0.25) is 0 Å². The molecule has 0 amide bonds. The summed E-state index contributed by atoms with van der Waals surface area (Å²) < 4.78 is 13.7. The number of benzene rings is 1. The van der Waals surface area contributed by atoms with E-state index in [4.69, 9.17) is 0 Å². The van der Waals surface area contributed by atoms with Gasteiger partial charge in [0.15, 0.2) is 0 Å². The highest BCUT2D eigenvalue weighted by molar-refractivity contribution is 6.02. The summed E-state index contributed by atoms with van der Waals surface area (Å²) in [4.78, 5) is 11.2. The summed E-state index contributed by atoms with van der Waals surface area (Å²) in [6.07, 6.45) is 0. The van der Waals surface area contributed by atoms with E-state index in [1.54, 1.807) is 32.2 Å². The Bertz CT molecular complexity index is 487. The summed E-state index contributed by atoms with van der Waals surface area (Å²) in [5.74, 6) is -2.18. The van der Waals surface area contributed by atoms with E-state index in [2.05, 4.69) is 5.10 Å². The van der Waals surface area contributed by atoms with Crippen molar-refractivity contribution in [1.82, 2.24) is 5.01 Å². The van der Waals surface area contributed by atoms with Gasteiger partial charge in [-0.05, 0) is 13.0 Å². The van der Waals surface area contributed by atoms with E-state index >= 15 is 0 Å². The van der Waals surface area contributed by atoms with Crippen LogP contribution < -0.4 is 0 Å². The molecule has 2 rings (SSSR count). The number of hydrazone groups is 1. The Kier molecular flexibility index (Phi) is 2.83. The van der Waals surface area contributed by atoms with Crippen LogP contribution in [0.25, 0.3) is 0 Å². The molecule has 2 atom stereocenters. The van der Waals surface area contributed by atoms with E-state index < -0.39 is 23.7 Å². The number of hydrogen-bond donors (Lipinski definition) is 1. The van der Waals surface area contributed by atoms with Crippen LogP contribution in [0.15, 0.2) is 29.4 Å². The molecule has 0 aromatic heterocycles. The Morgan fingerprint density at radius 1 is 1.47 bits per heavy atom. The van der Waals surface area contributed by atoms with E-state index in [1.165, 1.54) is 11.1 Å². The Morgan fingerprint density at radius 2 is 2.12 bits per heavy atom. The monoisotopic (exact) mass is 236 g/mol. The molecule has 0 saturated heterocycles. The fourth-order valence-electron chi connectivity index (χ4n) is 2.23. The smallest absolute Gasteiger partial charge is 0.314 e. The second-order valence-electron chi connectivity index (χ2n) is 4.10. The molecule has 1 aliphatic heterocycles. The fourth-order valence-corrected chi connectivity index (χ4v) is 2.23. The number of hydrogen-bond acceptors (Lipinski definition) is 3.